The van der Waals surface area contributed by atoms with E-state index >= 15 is 0 Å². The van der Waals surface area contributed by atoms with Gasteiger partial charge in [0.05, 0.1) is 5.69 Å². The topological polar surface area (TPSA) is 20.3 Å². The monoisotopic (exact) mass is 209 g/mol. The van der Waals surface area contributed by atoms with Crippen molar-refractivity contribution in [2.45, 2.75) is 0 Å². The molecule has 2 nitrogen and oxygen atoms in total. The van der Waals surface area contributed by atoms with Crippen molar-refractivity contribution in [2.24, 2.45) is 0 Å². The van der Waals surface area contributed by atoms with Gasteiger partial charge in [-0.25, -0.2) is 0 Å². The Hall–Kier alpha value is -2.09. The van der Waals surface area contributed by atoms with Crippen LogP contribution in [0.25, 0.3) is 10.8 Å². The largest absolute Gasteiger partial charge is 0.304 e. The molecule has 2 heteroatoms. The number of carbonyl (C=O) groups is 1. The second-order valence-corrected chi connectivity index (χ2v) is 3.89. The molecular weight excluding hydrogens is 198 g/mol. The molecule has 1 heterocycles. The molecule has 1 amide bonds. The molecule has 1 aliphatic heterocycles. The van der Waals surface area contributed by atoms with Crippen LogP contribution in [0.3, 0.4) is 0 Å². The van der Waals surface area contributed by atoms with Gasteiger partial charge in [-0.3, -0.25) is 4.79 Å². The fourth-order valence-electron chi connectivity index (χ4n) is 2.29. The number of nitrogens with zero attached hydrogens (tertiary/aromatic N) is 1. The van der Waals surface area contributed by atoms with Gasteiger partial charge in [0.2, 0.25) is 0 Å². The molecule has 0 fully saturated rings. The highest BCUT2D eigenvalue weighted by Crippen LogP contribution is 2.36. The number of hydrogen-bond acceptors (Lipinski definition) is 1. The third-order valence-electron chi connectivity index (χ3n) is 2.96. The zero-order valence-corrected chi connectivity index (χ0v) is 8.81. The predicted molar refractivity (Wildman–Crippen MR) is 65.8 cm³/mol. The lowest BCUT2D eigenvalue weighted by Crippen LogP contribution is -2.26. The molecule has 1 aliphatic rings. The van der Waals surface area contributed by atoms with Crippen molar-refractivity contribution in [1.29, 1.82) is 0 Å². The Kier molecular flexibility index (Phi) is 1.83. The van der Waals surface area contributed by atoms with Crippen molar-refractivity contribution < 1.29 is 4.79 Å². The molecule has 0 N–H and O–H groups in total. The average Bonchev–Trinajstić information content (AvgIpc) is 2.58. The molecule has 0 aromatic heterocycles. The lowest BCUT2D eigenvalue weighted by Gasteiger charge is -2.14. The van der Waals surface area contributed by atoms with Gasteiger partial charge in [0, 0.05) is 17.5 Å². The van der Waals surface area contributed by atoms with Crippen molar-refractivity contribution in [3.05, 3.63) is 54.6 Å². The number of amides is 1. The minimum absolute atomic E-state index is 0.0756. The van der Waals surface area contributed by atoms with Crippen molar-refractivity contribution in [3.63, 3.8) is 0 Å². The summed E-state index contributed by atoms with van der Waals surface area (Å²) in [6, 6.07) is 11.9. The first-order chi connectivity index (χ1) is 7.83. The molecule has 0 spiro atoms. The Bertz CT molecular complexity index is 595. The summed E-state index contributed by atoms with van der Waals surface area (Å²) in [7, 11) is 0. The minimum Gasteiger partial charge on any atom is -0.304 e. The molecular formula is C14H11NO. The Labute approximate surface area is 93.8 Å². The summed E-state index contributed by atoms with van der Waals surface area (Å²) < 4.78 is 0. The molecule has 2 aromatic rings. The van der Waals surface area contributed by atoms with Gasteiger partial charge >= 0.3 is 0 Å². The molecule has 16 heavy (non-hydrogen) atoms. The molecule has 0 unspecified atom stereocenters. The number of benzene rings is 2. The third-order valence-corrected chi connectivity index (χ3v) is 2.96. The highest BCUT2D eigenvalue weighted by atomic mass is 16.2. The summed E-state index contributed by atoms with van der Waals surface area (Å²) in [6.45, 7) is 4.25. The molecule has 78 valence electrons. The Morgan fingerprint density at radius 3 is 2.69 bits per heavy atom. The number of hydrogen-bond donors (Lipinski definition) is 0. The van der Waals surface area contributed by atoms with Gasteiger partial charge < -0.3 is 4.90 Å². The van der Waals surface area contributed by atoms with Crippen molar-refractivity contribution in [3.8, 4) is 0 Å². The Morgan fingerprint density at radius 1 is 1.19 bits per heavy atom. The SMILES string of the molecule is C=CCN1C(=O)c2cccc3cccc1c23. The summed E-state index contributed by atoms with van der Waals surface area (Å²) in [6.07, 6.45) is 1.75. The Balaban J connectivity index is 2.35. The number of anilines is 1. The van der Waals surface area contributed by atoms with Crippen LogP contribution in [0.15, 0.2) is 49.1 Å². The van der Waals surface area contributed by atoms with Crippen molar-refractivity contribution in [1.82, 2.24) is 0 Å². The standard InChI is InChI=1S/C14H11NO/c1-2-9-15-12-8-4-6-10-5-3-7-11(13(10)12)14(15)16/h2-8H,1,9H2. The predicted octanol–water partition coefficient (Wildman–Crippen LogP) is 2.99. The van der Waals surface area contributed by atoms with Crippen LogP contribution in [0.5, 0.6) is 0 Å². The van der Waals surface area contributed by atoms with E-state index in [0.29, 0.717) is 6.54 Å². The van der Waals surface area contributed by atoms with E-state index in [1.807, 2.05) is 36.4 Å². The summed E-state index contributed by atoms with van der Waals surface area (Å²) in [5.74, 6) is 0.0756. The van der Waals surface area contributed by atoms with Crippen LogP contribution >= 0.6 is 0 Å². The van der Waals surface area contributed by atoms with E-state index in [4.69, 9.17) is 0 Å². The molecule has 0 saturated carbocycles. The minimum atomic E-state index is 0.0756. The van der Waals surface area contributed by atoms with Gasteiger partial charge in [-0.15, -0.1) is 6.58 Å². The summed E-state index contributed by atoms with van der Waals surface area (Å²) in [5, 5.41) is 2.19. The van der Waals surface area contributed by atoms with Crippen molar-refractivity contribution in [2.75, 3.05) is 11.4 Å². The van der Waals surface area contributed by atoms with Gasteiger partial charge in [-0.1, -0.05) is 30.3 Å². The van der Waals surface area contributed by atoms with Crippen molar-refractivity contribution >= 4 is 22.4 Å². The second-order valence-electron chi connectivity index (χ2n) is 3.89. The zero-order chi connectivity index (χ0) is 11.1. The number of carbonyl (C=O) groups excluding carboxylic acids is 1. The molecule has 0 atom stereocenters. The van der Waals surface area contributed by atoms with E-state index in [1.165, 1.54) is 0 Å². The van der Waals surface area contributed by atoms with Crippen LogP contribution in [0, 0.1) is 0 Å². The van der Waals surface area contributed by atoms with E-state index in [1.54, 1.807) is 11.0 Å². The van der Waals surface area contributed by atoms with Gasteiger partial charge in [-0.2, -0.15) is 0 Å². The average molecular weight is 209 g/mol. The normalized spacial score (nSPS) is 13.5. The summed E-state index contributed by atoms with van der Waals surface area (Å²) in [4.78, 5) is 13.9. The molecule has 3 rings (SSSR count). The molecule has 0 radical (unpaired) electrons. The zero-order valence-electron chi connectivity index (χ0n) is 8.81. The molecule has 0 bridgehead atoms. The highest BCUT2D eigenvalue weighted by Gasteiger charge is 2.28. The first-order valence-electron chi connectivity index (χ1n) is 5.27. The fourth-order valence-corrected chi connectivity index (χ4v) is 2.29. The lowest BCUT2D eigenvalue weighted by molar-refractivity contribution is 0.0996. The summed E-state index contributed by atoms with van der Waals surface area (Å²) >= 11 is 0. The van der Waals surface area contributed by atoms with E-state index in [-0.39, 0.29) is 5.91 Å². The molecule has 0 saturated heterocycles. The van der Waals surface area contributed by atoms with Gasteiger partial charge in [0.15, 0.2) is 0 Å². The smallest absolute Gasteiger partial charge is 0.259 e. The third kappa shape index (κ3) is 1.04. The van der Waals surface area contributed by atoms with Crippen LogP contribution in [-0.2, 0) is 0 Å². The van der Waals surface area contributed by atoms with Crippen LogP contribution in [0.2, 0.25) is 0 Å². The van der Waals surface area contributed by atoms with Crippen LogP contribution in [-0.4, -0.2) is 12.5 Å². The van der Waals surface area contributed by atoms with Crippen LogP contribution in [0.1, 0.15) is 10.4 Å². The highest BCUT2D eigenvalue weighted by molar-refractivity contribution is 6.25. The maximum atomic E-state index is 12.1. The van der Waals surface area contributed by atoms with E-state index in [9.17, 15) is 4.79 Å². The molecule has 0 aliphatic carbocycles. The lowest BCUT2D eigenvalue weighted by atomic mass is 10.1. The van der Waals surface area contributed by atoms with Gasteiger partial charge in [0.25, 0.3) is 5.91 Å². The number of rotatable bonds is 2. The van der Waals surface area contributed by atoms with Crippen LogP contribution < -0.4 is 4.90 Å². The van der Waals surface area contributed by atoms with E-state index in [2.05, 4.69) is 6.58 Å². The fraction of sp³-hybridized carbons (Fsp3) is 0.0714. The van der Waals surface area contributed by atoms with Crippen LogP contribution in [0.4, 0.5) is 5.69 Å². The maximum Gasteiger partial charge on any atom is 0.259 e. The maximum absolute atomic E-state index is 12.1. The Morgan fingerprint density at radius 2 is 1.94 bits per heavy atom. The quantitative estimate of drug-likeness (QED) is 0.696. The first kappa shape index (κ1) is 9.16. The molecule has 2 aromatic carbocycles. The first-order valence-corrected chi connectivity index (χ1v) is 5.27. The van der Waals surface area contributed by atoms with Gasteiger partial charge in [-0.05, 0) is 17.5 Å². The summed E-state index contributed by atoms with van der Waals surface area (Å²) in [5.41, 5.74) is 1.80. The van der Waals surface area contributed by atoms with E-state index in [0.717, 1.165) is 22.0 Å². The second kappa shape index (κ2) is 3.20. The van der Waals surface area contributed by atoms with E-state index < -0.39 is 0 Å². The van der Waals surface area contributed by atoms with Gasteiger partial charge in [0.1, 0.15) is 0 Å².